The molecule has 0 saturated carbocycles. The van der Waals surface area contributed by atoms with Crippen molar-refractivity contribution in [3.05, 3.63) is 29.8 Å². The number of ether oxygens (including phenoxy) is 2. The predicted molar refractivity (Wildman–Crippen MR) is 68.7 cm³/mol. The van der Waals surface area contributed by atoms with Gasteiger partial charge >= 0.3 is 0 Å². The lowest BCUT2D eigenvalue weighted by molar-refractivity contribution is -0.116. The van der Waals surface area contributed by atoms with Crippen molar-refractivity contribution in [1.29, 1.82) is 0 Å². The standard InChI is InChI=1S/C13H17NO4/c1-17-11-5-3-10(9-12(11)18-2)4-6-13(16)14-7-8-15/h3-6,9,15H,7-8H2,1-2H3,(H,14,16)/b6-4+. The molecular formula is C13H17NO4. The first-order valence-electron chi connectivity index (χ1n) is 5.50. The Bertz CT molecular complexity index is 429. The van der Waals surface area contributed by atoms with Gasteiger partial charge in [0.15, 0.2) is 11.5 Å². The summed E-state index contributed by atoms with van der Waals surface area (Å²) < 4.78 is 10.3. The van der Waals surface area contributed by atoms with E-state index in [1.54, 1.807) is 32.4 Å². The quantitative estimate of drug-likeness (QED) is 0.735. The van der Waals surface area contributed by atoms with Crippen molar-refractivity contribution in [3.63, 3.8) is 0 Å². The molecule has 1 aromatic rings. The minimum absolute atomic E-state index is 0.0735. The molecule has 0 bridgehead atoms. The highest BCUT2D eigenvalue weighted by Crippen LogP contribution is 2.27. The summed E-state index contributed by atoms with van der Waals surface area (Å²) in [5, 5.41) is 11.1. The third kappa shape index (κ3) is 4.10. The molecule has 0 aliphatic carbocycles. The predicted octanol–water partition coefficient (Wildman–Crippen LogP) is 0.825. The fourth-order valence-corrected chi connectivity index (χ4v) is 1.37. The van der Waals surface area contributed by atoms with E-state index in [0.717, 1.165) is 5.56 Å². The van der Waals surface area contributed by atoms with Gasteiger partial charge in [0.2, 0.25) is 5.91 Å². The first kappa shape index (κ1) is 14.1. The van der Waals surface area contributed by atoms with Crippen LogP contribution in [-0.2, 0) is 4.79 Å². The van der Waals surface area contributed by atoms with Crippen molar-refractivity contribution in [2.45, 2.75) is 0 Å². The number of hydrogen-bond donors (Lipinski definition) is 2. The van der Waals surface area contributed by atoms with Crippen molar-refractivity contribution in [2.75, 3.05) is 27.4 Å². The first-order valence-corrected chi connectivity index (χ1v) is 5.50. The van der Waals surface area contributed by atoms with E-state index in [-0.39, 0.29) is 19.1 Å². The van der Waals surface area contributed by atoms with Gasteiger partial charge in [0.1, 0.15) is 0 Å². The summed E-state index contributed by atoms with van der Waals surface area (Å²) in [6, 6.07) is 5.36. The molecule has 0 radical (unpaired) electrons. The smallest absolute Gasteiger partial charge is 0.244 e. The number of aliphatic hydroxyl groups is 1. The molecule has 0 saturated heterocycles. The zero-order chi connectivity index (χ0) is 13.4. The normalized spacial score (nSPS) is 10.4. The van der Waals surface area contributed by atoms with E-state index in [0.29, 0.717) is 11.5 Å². The molecular weight excluding hydrogens is 234 g/mol. The highest BCUT2D eigenvalue weighted by molar-refractivity contribution is 5.91. The Labute approximate surface area is 106 Å². The molecule has 1 rings (SSSR count). The topological polar surface area (TPSA) is 67.8 Å². The molecule has 0 aromatic heterocycles. The number of benzene rings is 1. The number of rotatable bonds is 6. The van der Waals surface area contributed by atoms with Gasteiger partial charge in [0.05, 0.1) is 20.8 Å². The third-order valence-corrected chi connectivity index (χ3v) is 2.25. The second-order valence-corrected chi connectivity index (χ2v) is 3.46. The molecule has 2 N–H and O–H groups in total. The van der Waals surface area contributed by atoms with Crippen LogP contribution in [0.3, 0.4) is 0 Å². The van der Waals surface area contributed by atoms with E-state index in [2.05, 4.69) is 5.32 Å². The monoisotopic (exact) mass is 251 g/mol. The second kappa shape index (κ2) is 7.34. The summed E-state index contributed by atoms with van der Waals surface area (Å²) in [6.07, 6.45) is 3.06. The molecule has 0 atom stereocenters. The molecule has 98 valence electrons. The van der Waals surface area contributed by atoms with Crippen molar-refractivity contribution < 1.29 is 19.4 Å². The molecule has 18 heavy (non-hydrogen) atoms. The van der Waals surface area contributed by atoms with E-state index in [1.807, 2.05) is 6.07 Å². The van der Waals surface area contributed by atoms with Crippen molar-refractivity contribution in [3.8, 4) is 11.5 Å². The summed E-state index contributed by atoms with van der Waals surface area (Å²) >= 11 is 0. The third-order valence-electron chi connectivity index (χ3n) is 2.25. The maximum Gasteiger partial charge on any atom is 0.244 e. The van der Waals surface area contributed by atoms with Gasteiger partial charge in [0.25, 0.3) is 0 Å². The number of aliphatic hydroxyl groups excluding tert-OH is 1. The van der Waals surface area contributed by atoms with Gasteiger partial charge in [-0.25, -0.2) is 0 Å². The molecule has 0 spiro atoms. The zero-order valence-corrected chi connectivity index (χ0v) is 10.5. The Hall–Kier alpha value is -2.01. The largest absolute Gasteiger partial charge is 0.493 e. The highest BCUT2D eigenvalue weighted by atomic mass is 16.5. The van der Waals surface area contributed by atoms with E-state index in [4.69, 9.17) is 14.6 Å². The highest BCUT2D eigenvalue weighted by Gasteiger charge is 2.02. The second-order valence-electron chi connectivity index (χ2n) is 3.46. The Morgan fingerprint density at radius 3 is 2.67 bits per heavy atom. The van der Waals surface area contributed by atoms with Crippen LogP contribution in [0.1, 0.15) is 5.56 Å². The van der Waals surface area contributed by atoms with Gasteiger partial charge in [0, 0.05) is 12.6 Å². The van der Waals surface area contributed by atoms with Gasteiger partial charge in [-0.1, -0.05) is 6.07 Å². The van der Waals surface area contributed by atoms with E-state index < -0.39 is 0 Å². The maximum absolute atomic E-state index is 11.3. The van der Waals surface area contributed by atoms with Crippen LogP contribution in [0, 0.1) is 0 Å². The Balaban J connectivity index is 2.73. The summed E-state index contributed by atoms with van der Waals surface area (Å²) in [6.45, 7) is 0.172. The molecule has 0 aliphatic heterocycles. The number of hydrogen-bond acceptors (Lipinski definition) is 4. The van der Waals surface area contributed by atoms with E-state index in [9.17, 15) is 4.79 Å². The van der Waals surface area contributed by atoms with E-state index in [1.165, 1.54) is 6.08 Å². The molecule has 0 unspecified atom stereocenters. The molecule has 5 heteroatoms. The van der Waals surface area contributed by atoms with Crippen molar-refractivity contribution >= 4 is 12.0 Å². The average Bonchev–Trinajstić information content (AvgIpc) is 2.42. The number of amides is 1. The van der Waals surface area contributed by atoms with Gasteiger partial charge in [-0.05, 0) is 23.8 Å². The Kier molecular flexibility index (Phi) is 5.73. The van der Waals surface area contributed by atoms with Gasteiger partial charge in [-0.3, -0.25) is 4.79 Å². The fraction of sp³-hybridized carbons (Fsp3) is 0.308. The SMILES string of the molecule is COc1ccc(/C=C/C(=O)NCCO)cc1OC. The fourth-order valence-electron chi connectivity index (χ4n) is 1.37. The molecule has 1 amide bonds. The number of carbonyl (C=O) groups is 1. The van der Waals surface area contributed by atoms with Crippen LogP contribution in [-0.4, -0.2) is 38.4 Å². The lowest BCUT2D eigenvalue weighted by atomic mass is 10.2. The average molecular weight is 251 g/mol. The van der Waals surface area contributed by atoms with Gasteiger partial charge in [-0.2, -0.15) is 0 Å². The minimum atomic E-state index is -0.251. The number of methoxy groups -OCH3 is 2. The lowest BCUT2D eigenvalue weighted by Crippen LogP contribution is -2.24. The van der Waals surface area contributed by atoms with Gasteiger partial charge < -0.3 is 19.9 Å². The maximum atomic E-state index is 11.3. The van der Waals surface area contributed by atoms with Crippen LogP contribution < -0.4 is 14.8 Å². The molecule has 0 fully saturated rings. The van der Waals surface area contributed by atoms with E-state index >= 15 is 0 Å². The summed E-state index contributed by atoms with van der Waals surface area (Å²) in [5.74, 6) is 0.994. The number of nitrogens with one attached hydrogen (secondary N) is 1. The minimum Gasteiger partial charge on any atom is -0.493 e. The van der Waals surface area contributed by atoms with Crippen LogP contribution in [0.15, 0.2) is 24.3 Å². The Morgan fingerprint density at radius 2 is 2.06 bits per heavy atom. The molecule has 5 nitrogen and oxygen atoms in total. The molecule has 1 aromatic carbocycles. The molecule has 0 heterocycles. The summed E-state index contributed by atoms with van der Waals surface area (Å²) in [5.41, 5.74) is 0.826. The van der Waals surface area contributed by atoms with Crippen molar-refractivity contribution in [1.82, 2.24) is 5.32 Å². The van der Waals surface area contributed by atoms with Crippen LogP contribution in [0.25, 0.3) is 6.08 Å². The Morgan fingerprint density at radius 1 is 1.33 bits per heavy atom. The molecule has 0 aliphatic rings. The lowest BCUT2D eigenvalue weighted by Gasteiger charge is -2.07. The zero-order valence-electron chi connectivity index (χ0n) is 10.5. The van der Waals surface area contributed by atoms with Crippen molar-refractivity contribution in [2.24, 2.45) is 0 Å². The van der Waals surface area contributed by atoms with Crippen LogP contribution in [0.5, 0.6) is 11.5 Å². The summed E-state index contributed by atoms with van der Waals surface area (Å²) in [4.78, 5) is 11.3. The van der Waals surface area contributed by atoms with Crippen LogP contribution >= 0.6 is 0 Å². The van der Waals surface area contributed by atoms with Crippen LogP contribution in [0.2, 0.25) is 0 Å². The number of carbonyl (C=O) groups excluding carboxylic acids is 1. The van der Waals surface area contributed by atoms with Crippen LogP contribution in [0.4, 0.5) is 0 Å². The summed E-state index contributed by atoms with van der Waals surface area (Å²) in [7, 11) is 3.12. The van der Waals surface area contributed by atoms with Gasteiger partial charge in [-0.15, -0.1) is 0 Å². The first-order chi connectivity index (χ1) is 8.71.